The molecule has 5 heteroatoms. The molecule has 1 aliphatic carbocycles. The van der Waals surface area contributed by atoms with E-state index in [2.05, 4.69) is 31.4 Å². The van der Waals surface area contributed by atoms with Gasteiger partial charge in [0.1, 0.15) is 0 Å². The Morgan fingerprint density at radius 1 is 1.28 bits per heavy atom. The maximum absolute atomic E-state index is 5.24. The third-order valence-electron chi connectivity index (χ3n) is 2.92. The van der Waals surface area contributed by atoms with Crippen molar-refractivity contribution in [3.8, 4) is 11.4 Å². The second-order valence-electron chi connectivity index (χ2n) is 4.50. The van der Waals surface area contributed by atoms with Gasteiger partial charge in [-0.3, -0.25) is 0 Å². The van der Waals surface area contributed by atoms with Crippen LogP contribution in [0.2, 0.25) is 0 Å². The van der Waals surface area contributed by atoms with Gasteiger partial charge in [0.25, 0.3) is 0 Å². The maximum atomic E-state index is 5.24. The van der Waals surface area contributed by atoms with Crippen LogP contribution < -0.4 is 5.32 Å². The molecule has 3 rings (SSSR count). The van der Waals surface area contributed by atoms with Crippen LogP contribution in [0.4, 0.5) is 0 Å². The van der Waals surface area contributed by atoms with Crippen LogP contribution in [0.5, 0.6) is 0 Å². The van der Waals surface area contributed by atoms with Crippen LogP contribution in [0, 0.1) is 0 Å². The average molecular weight is 308 g/mol. The van der Waals surface area contributed by atoms with E-state index in [1.54, 1.807) is 0 Å². The molecular formula is C13H14BrN3O. The maximum Gasteiger partial charge on any atom is 0.228 e. The van der Waals surface area contributed by atoms with Gasteiger partial charge in [-0.1, -0.05) is 21.1 Å². The lowest BCUT2D eigenvalue weighted by Gasteiger charge is -1.97. The first kappa shape index (κ1) is 11.9. The molecule has 0 atom stereocenters. The molecule has 1 N–H and O–H groups in total. The van der Waals surface area contributed by atoms with Crippen molar-refractivity contribution in [3.63, 3.8) is 0 Å². The van der Waals surface area contributed by atoms with Gasteiger partial charge in [-0.25, -0.2) is 0 Å². The first-order valence-corrected chi connectivity index (χ1v) is 6.92. The summed E-state index contributed by atoms with van der Waals surface area (Å²) in [5.41, 5.74) is 0.975. The summed E-state index contributed by atoms with van der Waals surface area (Å²) in [7, 11) is 0. The quantitative estimate of drug-likeness (QED) is 0.923. The van der Waals surface area contributed by atoms with Gasteiger partial charge in [0, 0.05) is 29.0 Å². The molecule has 2 aromatic rings. The summed E-state index contributed by atoms with van der Waals surface area (Å²) in [6.07, 6.45) is 3.39. The molecule has 1 saturated carbocycles. The zero-order chi connectivity index (χ0) is 12.4. The van der Waals surface area contributed by atoms with Crippen molar-refractivity contribution < 1.29 is 4.52 Å². The summed E-state index contributed by atoms with van der Waals surface area (Å²) in [4.78, 5) is 4.39. The Balaban J connectivity index is 1.62. The normalized spacial score (nSPS) is 14.9. The highest BCUT2D eigenvalue weighted by Gasteiger charge is 2.20. The Morgan fingerprint density at radius 2 is 2.06 bits per heavy atom. The van der Waals surface area contributed by atoms with Crippen molar-refractivity contribution in [1.82, 2.24) is 15.5 Å². The minimum atomic E-state index is 0.656. The van der Waals surface area contributed by atoms with Crippen molar-refractivity contribution in [2.24, 2.45) is 0 Å². The summed E-state index contributed by atoms with van der Waals surface area (Å²) in [6.45, 7) is 0.909. The number of benzene rings is 1. The number of rotatable bonds is 5. The molecule has 0 bridgehead atoms. The zero-order valence-electron chi connectivity index (χ0n) is 9.90. The summed E-state index contributed by atoms with van der Waals surface area (Å²) in [5, 5.41) is 7.43. The van der Waals surface area contributed by atoms with Crippen LogP contribution in [0.1, 0.15) is 18.7 Å². The van der Waals surface area contributed by atoms with Crippen LogP contribution in [0.25, 0.3) is 11.4 Å². The summed E-state index contributed by atoms with van der Waals surface area (Å²) in [5.74, 6) is 1.35. The van der Waals surface area contributed by atoms with Crippen LogP contribution >= 0.6 is 15.9 Å². The molecule has 94 valence electrons. The van der Waals surface area contributed by atoms with Gasteiger partial charge in [-0.2, -0.15) is 4.98 Å². The molecular weight excluding hydrogens is 294 g/mol. The van der Waals surface area contributed by atoms with E-state index >= 15 is 0 Å². The van der Waals surface area contributed by atoms with Gasteiger partial charge in [0.05, 0.1) is 0 Å². The predicted octanol–water partition coefficient (Wildman–Crippen LogP) is 2.79. The lowest BCUT2D eigenvalue weighted by molar-refractivity contribution is 0.376. The van der Waals surface area contributed by atoms with Crippen LogP contribution in [0.15, 0.2) is 33.3 Å². The minimum Gasteiger partial charge on any atom is -0.339 e. The van der Waals surface area contributed by atoms with E-state index in [0.29, 0.717) is 11.7 Å². The Bertz CT molecular complexity index is 519. The zero-order valence-corrected chi connectivity index (χ0v) is 11.5. The lowest BCUT2D eigenvalue weighted by atomic mass is 10.2. The lowest BCUT2D eigenvalue weighted by Crippen LogP contribution is -2.19. The largest absolute Gasteiger partial charge is 0.339 e. The van der Waals surface area contributed by atoms with E-state index in [-0.39, 0.29) is 0 Å². The molecule has 0 spiro atoms. The first-order chi connectivity index (χ1) is 8.81. The van der Waals surface area contributed by atoms with E-state index in [9.17, 15) is 0 Å². The molecule has 1 fully saturated rings. The fraction of sp³-hybridized carbons (Fsp3) is 0.385. The fourth-order valence-corrected chi connectivity index (χ4v) is 2.01. The predicted molar refractivity (Wildman–Crippen MR) is 72.2 cm³/mol. The van der Waals surface area contributed by atoms with Crippen LogP contribution in [0.3, 0.4) is 0 Å². The number of hydrogen-bond donors (Lipinski definition) is 1. The molecule has 1 heterocycles. The fourth-order valence-electron chi connectivity index (χ4n) is 1.74. The van der Waals surface area contributed by atoms with E-state index in [0.717, 1.165) is 29.0 Å². The third kappa shape index (κ3) is 2.97. The van der Waals surface area contributed by atoms with E-state index < -0.39 is 0 Å². The van der Waals surface area contributed by atoms with E-state index in [1.807, 2.05) is 24.3 Å². The van der Waals surface area contributed by atoms with Crippen molar-refractivity contribution in [3.05, 3.63) is 34.6 Å². The summed E-state index contributed by atoms with van der Waals surface area (Å²) >= 11 is 3.40. The molecule has 1 aromatic carbocycles. The topological polar surface area (TPSA) is 51.0 Å². The molecule has 0 aliphatic heterocycles. The molecule has 18 heavy (non-hydrogen) atoms. The highest BCUT2D eigenvalue weighted by Crippen LogP contribution is 2.20. The second kappa shape index (κ2) is 5.20. The van der Waals surface area contributed by atoms with Gasteiger partial charge in [-0.15, -0.1) is 0 Å². The molecule has 1 aliphatic rings. The van der Waals surface area contributed by atoms with E-state index in [4.69, 9.17) is 4.52 Å². The smallest absolute Gasteiger partial charge is 0.228 e. The number of nitrogens with one attached hydrogen (secondary N) is 1. The van der Waals surface area contributed by atoms with E-state index in [1.165, 1.54) is 12.8 Å². The Hall–Kier alpha value is -1.20. The standard InChI is InChI=1S/C13H14BrN3O/c14-10-3-1-9(2-4-10)13-16-12(18-17-13)7-8-15-11-5-6-11/h1-4,11,15H,5-8H2. The van der Waals surface area contributed by atoms with Crippen molar-refractivity contribution >= 4 is 15.9 Å². The summed E-state index contributed by atoms with van der Waals surface area (Å²) < 4.78 is 6.28. The number of nitrogens with zero attached hydrogens (tertiary/aromatic N) is 2. The van der Waals surface area contributed by atoms with Gasteiger partial charge >= 0.3 is 0 Å². The number of aromatic nitrogens is 2. The summed E-state index contributed by atoms with van der Waals surface area (Å²) in [6, 6.07) is 8.61. The second-order valence-corrected chi connectivity index (χ2v) is 5.41. The van der Waals surface area contributed by atoms with Gasteiger partial charge in [0.2, 0.25) is 11.7 Å². The van der Waals surface area contributed by atoms with Crippen LogP contribution in [-0.2, 0) is 6.42 Å². The molecule has 0 saturated heterocycles. The molecule has 0 radical (unpaired) electrons. The monoisotopic (exact) mass is 307 g/mol. The van der Waals surface area contributed by atoms with Gasteiger partial charge in [-0.05, 0) is 37.1 Å². The Labute approximate surface area is 114 Å². The van der Waals surface area contributed by atoms with Crippen molar-refractivity contribution in [1.29, 1.82) is 0 Å². The molecule has 0 unspecified atom stereocenters. The minimum absolute atomic E-state index is 0.656. The van der Waals surface area contributed by atoms with Gasteiger partial charge < -0.3 is 9.84 Å². The Kier molecular flexibility index (Phi) is 3.43. The first-order valence-electron chi connectivity index (χ1n) is 6.13. The highest BCUT2D eigenvalue weighted by molar-refractivity contribution is 9.10. The van der Waals surface area contributed by atoms with Crippen molar-refractivity contribution in [2.45, 2.75) is 25.3 Å². The van der Waals surface area contributed by atoms with Crippen LogP contribution in [-0.4, -0.2) is 22.7 Å². The number of hydrogen-bond acceptors (Lipinski definition) is 4. The molecule has 1 aromatic heterocycles. The van der Waals surface area contributed by atoms with Crippen molar-refractivity contribution in [2.75, 3.05) is 6.54 Å². The molecule has 4 nitrogen and oxygen atoms in total. The number of halogens is 1. The SMILES string of the molecule is Brc1ccc(-c2noc(CCNC3CC3)n2)cc1. The average Bonchev–Trinajstić information content (AvgIpc) is 3.08. The molecule has 0 amide bonds. The Morgan fingerprint density at radius 3 is 2.78 bits per heavy atom. The third-order valence-corrected chi connectivity index (χ3v) is 3.45. The van der Waals surface area contributed by atoms with Gasteiger partial charge in [0.15, 0.2) is 0 Å². The highest BCUT2D eigenvalue weighted by atomic mass is 79.9.